The van der Waals surface area contributed by atoms with Gasteiger partial charge in [0.05, 0.1) is 12.5 Å². The van der Waals surface area contributed by atoms with Gasteiger partial charge >= 0.3 is 5.97 Å². The van der Waals surface area contributed by atoms with Crippen molar-refractivity contribution in [1.29, 1.82) is 0 Å². The van der Waals surface area contributed by atoms with Gasteiger partial charge in [0.2, 0.25) is 0 Å². The zero-order valence-electron chi connectivity index (χ0n) is 19.4. The first-order chi connectivity index (χ1) is 15.3. The highest BCUT2D eigenvalue weighted by molar-refractivity contribution is 5.92. The van der Waals surface area contributed by atoms with E-state index in [2.05, 4.69) is 24.3 Å². The van der Waals surface area contributed by atoms with Crippen LogP contribution in [-0.4, -0.2) is 24.1 Å². The van der Waals surface area contributed by atoms with Gasteiger partial charge in [-0.15, -0.1) is 0 Å². The number of Topliss-reactive ketones (excluding diaryl/α,β-unsaturated/α-hetero) is 1. The number of fused-ring (bicyclic) bond motifs is 5. The Morgan fingerprint density at radius 3 is 2.53 bits per heavy atom. The molecule has 1 aromatic heterocycles. The number of ether oxygens (including phenoxy) is 1. The molecule has 0 aliphatic heterocycles. The maximum atomic E-state index is 12.8. The lowest BCUT2D eigenvalue weighted by molar-refractivity contribution is -0.148. The second-order valence-corrected chi connectivity index (χ2v) is 10.3. The summed E-state index contributed by atoms with van der Waals surface area (Å²) in [7, 11) is 0. The van der Waals surface area contributed by atoms with Crippen LogP contribution in [0.4, 0.5) is 0 Å². The van der Waals surface area contributed by atoms with E-state index in [1.54, 1.807) is 12.5 Å². The Morgan fingerprint density at radius 2 is 1.88 bits per heavy atom. The highest BCUT2D eigenvalue weighted by Gasteiger charge is 2.57. The fourth-order valence-electron chi connectivity index (χ4n) is 6.88. The van der Waals surface area contributed by atoms with Crippen molar-refractivity contribution in [3.63, 3.8) is 0 Å². The summed E-state index contributed by atoms with van der Waals surface area (Å²) in [5, 5.41) is 0. The highest BCUT2D eigenvalue weighted by atomic mass is 16.5. The van der Waals surface area contributed by atoms with E-state index in [4.69, 9.17) is 4.74 Å². The summed E-state index contributed by atoms with van der Waals surface area (Å²) in [5.41, 5.74) is 2.86. The van der Waals surface area contributed by atoms with Gasteiger partial charge < -0.3 is 9.15 Å². The summed E-state index contributed by atoms with van der Waals surface area (Å²) in [4.78, 5) is 35.8. The van der Waals surface area contributed by atoms with Crippen molar-refractivity contribution in [2.45, 2.75) is 65.7 Å². The van der Waals surface area contributed by atoms with Crippen LogP contribution in [0, 0.1) is 28.6 Å². The molecule has 1 heterocycles. The molecule has 0 radical (unpaired) electrons. The Labute approximate surface area is 190 Å². The quantitative estimate of drug-likeness (QED) is 0.462. The lowest BCUT2D eigenvalue weighted by atomic mass is 9.51. The minimum absolute atomic E-state index is 0.0164. The van der Waals surface area contributed by atoms with Crippen LogP contribution in [0.15, 0.2) is 52.4 Å². The molecule has 0 N–H and O–H groups in total. The number of furan rings is 1. The van der Waals surface area contributed by atoms with Crippen LogP contribution in [0.2, 0.25) is 0 Å². The summed E-state index contributed by atoms with van der Waals surface area (Å²) in [6.07, 6.45) is 14.1. The van der Waals surface area contributed by atoms with E-state index in [1.165, 1.54) is 18.1 Å². The summed E-state index contributed by atoms with van der Waals surface area (Å²) in [6.45, 7) is 5.86. The minimum Gasteiger partial charge on any atom is -0.473 e. The Balaban J connectivity index is 0.000000433. The molecule has 5 nitrogen and oxygen atoms in total. The van der Waals surface area contributed by atoms with E-state index >= 15 is 0 Å². The van der Waals surface area contributed by atoms with Crippen molar-refractivity contribution < 1.29 is 23.5 Å². The number of carbonyl (C=O) groups excluding carboxylic acids is 3. The zero-order chi connectivity index (χ0) is 22.9. The first-order valence-corrected chi connectivity index (χ1v) is 11.8. The van der Waals surface area contributed by atoms with Crippen molar-refractivity contribution in [1.82, 2.24) is 0 Å². The molecule has 5 heteroatoms. The maximum absolute atomic E-state index is 12.8. The summed E-state index contributed by atoms with van der Waals surface area (Å²) in [6, 6.07) is 3.67. The average molecular weight is 439 g/mol. The van der Waals surface area contributed by atoms with Gasteiger partial charge in [0.25, 0.3) is 0 Å². The number of allylic oxidation sites excluding steroid dienone is 4. The van der Waals surface area contributed by atoms with Gasteiger partial charge in [0, 0.05) is 24.7 Å². The van der Waals surface area contributed by atoms with Gasteiger partial charge in [-0.3, -0.25) is 14.4 Å². The monoisotopic (exact) mass is 438 g/mol. The van der Waals surface area contributed by atoms with Crippen LogP contribution >= 0.6 is 0 Å². The predicted molar refractivity (Wildman–Crippen MR) is 121 cm³/mol. The van der Waals surface area contributed by atoms with Crippen LogP contribution in [0.25, 0.3) is 0 Å². The normalized spacial score (nSPS) is 35.2. The van der Waals surface area contributed by atoms with Gasteiger partial charge in [0.1, 0.15) is 6.61 Å². The molecule has 32 heavy (non-hydrogen) atoms. The molecule has 0 aromatic carbocycles. The molecule has 0 saturated heterocycles. The second-order valence-electron chi connectivity index (χ2n) is 10.3. The summed E-state index contributed by atoms with van der Waals surface area (Å²) in [5.74, 6) is 0.986. The summed E-state index contributed by atoms with van der Waals surface area (Å²) >= 11 is 0. The lowest BCUT2D eigenvalue weighted by Crippen LogP contribution is -2.45. The third-order valence-corrected chi connectivity index (χ3v) is 8.57. The fourth-order valence-corrected chi connectivity index (χ4v) is 6.88. The first-order valence-electron chi connectivity index (χ1n) is 11.8. The molecule has 2 fully saturated rings. The van der Waals surface area contributed by atoms with E-state index in [0.717, 1.165) is 38.5 Å². The van der Waals surface area contributed by atoms with E-state index in [-0.39, 0.29) is 40.9 Å². The van der Waals surface area contributed by atoms with E-state index in [0.29, 0.717) is 18.3 Å². The topological polar surface area (TPSA) is 73.6 Å². The standard InChI is InChI=1S/C23H30O4.C4H4O/c1-14(24)27-13-21(26)20-7-6-18-17-5-4-15-12-16(25)8-10-22(15,2)19(17)9-11-23(18,20)3;1-2-4-5-3-1/h9,12,17-18,20H,4-8,10-11,13H2,1-3H3;1-4H. The molecule has 5 atom stereocenters. The molecule has 4 aliphatic rings. The molecule has 0 amide bonds. The molecule has 172 valence electrons. The van der Waals surface area contributed by atoms with Crippen molar-refractivity contribution in [2.75, 3.05) is 6.61 Å². The van der Waals surface area contributed by atoms with Crippen LogP contribution in [-0.2, 0) is 19.1 Å². The lowest BCUT2D eigenvalue weighted by Gasteiger charge is -2.53. The van der Waals surface area contributed by atoms with Gasteiger partial charge in [-0.05, 0) is 74.0 Å². The van der Waals surface area contributed by atoms with E-state index in [9.17, 15) is 14.4 Å². The Hall–Kier alpha value is -2.43. The molecule has 5 rings (SSSR count). The average Bonchev–Trinajstić information content (AvgIpc) is 3.44. The number of carbonyl (C=O) groups is 3. The molecule has 5 unspecified atom stereocenters. The number of esters is 1. The van der Waals surface area contributed by atoms with Crippen LogP contribution in [0.5, 0.6) is 0 Å². The molecular weight excluding hydrogens is 404 g/mol. The molecular formula is C27H34O5. The number of hydrogen-bond acceptors (Lipinski definition) is 5. The van der Waals surface area contributed by atoms with Crippen LogP contribution in [0.3, 0.4) is 0 Å². The number of ketones is 2. The van der Waals surface area contributed by atoms with Crippen LogP contribution in [0.1, 0.15) is 65.7 Å². The largest absolute Gasteiger partial charge is 0.473 e. The first kappa shape index (κ1) is 22.8. The summed E-state index contributed by atoms with van der Waals surface area (Å²) < 4.78 is 9.58. The molecule has 1 aromatic rings. The molecule has 0 spiro atoms. The van der Waals surface area contributed by atoms with Gasteiger partial charge in [0.15, 0.2) is 11.6 Å². The maximum Gasteiger partial charge on any atom is 0.303 e. The Bertz CT molecular complexity index is 922. The van der Waals surface area contributed by atoms with E-state index in [1.807, 2.05) is 18.2 Å². The minimum atomic E-state index is -0.389. The number of rotatable bonds is 3. The smallest absolute Gasteiger partial charge is 0.303 e. The molecule has 4 aliphatic carbocycles. The van der Waals surface area contributed by atoms with Crippen molar-refractivity contribution in [3.05, 3.63) is 48.0 Å². The SMILES string of the molecule is CC(=O)OCC(=O)C1CCC2C3CCC4=CC(=O)CCC4(C)C3=CCC12C.c1ccoc1. The Morgan fingerprint density at radius 1 is 1.12 bits per heavy atom. The predicted octanol–water partition coefficient (Wildman–Crippen LogP) is 5.47. The zero-order valence-corrected chi connectivity index (χ0v) is 19.4. The highest BCUT2D eigenvalue weighted by Crippen LogP contribution is 2.64. The third kappa shape index (κ3) is 4.02. The third-order valence-electron chi connectivity index (χ3n) is 8.57. The number of hydrogen-bond donors (Lipinski definition) is 0. The van der Waals surface area contributed by atoms with Crippen LogP contribution < -0.4 is 0 Å². The fraction of sp³-hybridized carbons (Fsp3) is 0.593. The Kier molecular flexibility index (Phi) is 6.28. The van der Waals surface area contributed by atoms with Gasteiger partial charge in [-0.2, -0.15) is 0 Å². The van der Waals surface area contributed by atoms with E-state index < -0.39 is 0 Å². The van der Waals surface area contributed by atoms with Crippen molar-refractivity contribution in [2.24, 2.45) is 28.6 Å². The van der Waals surface area contributed by atoms with Gasteiger partial charge in [-0.25, -0.2) is 0 Å². The van der Waals surface area contributed by atoms with Crippen molar-refractivity contribution >= 4 is 17.5 Å². The molecule has 2 saturated carbocycles. The van der Waals surface area contributed by atoms with Crippen molar-refractivity contribution in [3.8, 4) is 0 Å². The second kappa shape index (κ2) is 8.84. The molecule has 0 bridgehead atoms. The van der Waals surface area contributed by atoms with Gasteiger partial charge in [-0.1, -0.05) is 31.1 Å².